The minimum Gasteiger partial charge on any atom is -0.333 e. The maximum atomic E-state index is 4.34. The normalized spacial score (nSPS) is 20.8. The maximum Gasteiger partial charge on any atom is 0.0948 e. The lowest BCUT2D eigenvalue weighted by Gasteiger charge is -2.25. The van der Waals surface area contributed by atoms with Gasteiger partial charge in [0, 0.05) is 43.5 Å². The van der Waals surface area contributed by atoms with Crippen molar-refractivity contribution in [2.45, 2.75) is 45.2 Å². The van der Waals surface area contributed by atoms with Crippen LogP contribution in [0.2, 0.25) is 0 Å². The fourth-order valence-corrected chi connectivity index (χ4v) is 2.49. The van der Waals surface area contributed by atoms with E-state index < -0.39 is 0 Å². The summed E-state index contributed by atoms with van der Waals surface area (Å²) in [6.45, 7) is 8.87. The molecule has 0 radical (unpaired) electrons. The van der Waals surface area contributed by atoms with Crippen LogP contribution in [0.25, 0.3) is 0 Å². The average molecular weight is 250 g/mol. The molecule has 1 saturated heterocycles. The number of nitrogens with zero attached hydrogens (tertiary/aromatic N) is 3. The van der Waals surface area contributed by atoms with Crippen LogP contribution in [0, 0.1) is 0 Å². The van der Waals surface area contributed by atoms with E-state index in [0.717, 1.165) is 19.6 Å². The number of rotatable bonds is 5. The zero-order chi connectivity index (χ0) is 13.0. The fourth-order valence-electron chi connectivity index (χ4n) is 2.49. The number of nitrogens with one attached hydrogen (secondary N) is 1. The molecule has 1 atom stereocenters. The fraction of sp³-hybridized carbons (Fsp3) is 0.786. The smallest absolute Gasteiger partial charge is 0.0948 e. The van der Waals surface area contributed by atoms with Gasteiger partial charge in [0.1, 0.15) is 0 Å². The van der Waals surface area contributed by atoms with Gasteiger partial charge in [-0.2, -0.15) is 0 Å². The minimum atomic E-state index is 0.605. The van der Waals surface area contributed by atoms with E-state index >= 15 is 0 Å². The summed E-state index contributed by atoms with van der Waals surface area (Å²) in [4.78, 5) is 6.71. The highest BCUT2D eigenvalue weighted by molar-refractivity contribution is 5.08. The third kappa shape index (κ3) is 3.33. The Hall–Kier alpha value is -0.870. The summed E-state index contributed by atoms with van der Waals surface area (Å²) in [6.07, 6.45) is 6.60. The Labute approximate surface area is 110 Å². The second kappa shape index (κ2) is 6.34. The van der Waals surface area contributed by atoms with Crippen LogP contribution in [-0.2, 0) is 6.54 Å². The van der Waals surface area contributed by atoms with Crippen LogP contribution < -0.4 is 5.32 Å². The van der Waals surface area contributed by atoms with E-state index in [-0.39, 0.29) is 0 Å². The van der Waals surface area contributed by atoms with Crippen molar-refractivity contribution in [2.24, 2.45) is 0 Å². The van der Waals surface area contributed by atoms with Gasteiger partial charge in [-0.1, -0.05) is 0 Å². The van der Waals surface area contributed by atoms with Crippen molar-refractivity contribution in [2.75, 3.05) is 26.7 Å². The molecule has 1 aliphatic rings. The van der Waals surface area contributed by atoms with E-state index in [1.165, 1.54) is 25.1 Å². The third-order valence-corrected chi connectivity index (χ3v) is 4.03. The highest BCUT2D eigenvalue weighted by Crippen LogP contribution is 2.22. The molecule has 18 heavy (non-hydrogen) atoms. The van der Waals surface area contributed by atoms with Crippen molar-refractivity contribution >= 4 is 0 Å². The third-order valence-electron chi connectivity index (χ3n) is 4.03. The predicted octanol–water partition coefficient (Wildman–Crippen LogP) is 1.69. The zero-order valence-corrected chi connectivity index (χ0v) is 11.9. The lowest BCUT2D eigenvalue weighted by atomic mass is 9.96. The van der Waals surface area contributed by atoms with Crippen LogP contribution in [0.4, 0.5) is 0 Å². The molecular weight excluding hydrogens is 224 g/mol. The molecule has 2 rings (SSSR count). The largest absolute Gasteiger partial charge is 0.333 e. The van der Waals surface area contributed by atoms with Gasteiger partial charge in [0.2, 0.25) is 0 Å². The summed E-state index contributed by atoms with van der Waals surface area (Å²) in [6, 6.07) is 0.605. The lowest BCUT2D eigenvalue weighted by molar-refractivity contribution is 0.260. The summed E-state index contributed by atoms with van der Waals surface area (Å²) in [5.74, 6) is 0.644. The Kier molecular flexibility index (Phi) is 4.78. The van der Waals surface area contributed by atoms with Crippen LogP contribution >= 0.6 is 0 Å². The van der Waals surface area contributed by atoms with E-state index in [0.29, 0.717) is 12.0 Å². The first kappa shape index (κ1) is 13.6. The molecule has 1 N–H and O–H groups in total. The van der Waals surface area contributed by atoms with Gasteiger partial charge in [-0.3, -0.25) is 0 Å². The van der Waals surface area contributed by atoms with Gasteiger partial charge in [0.05, 0.1) is 6.33 Å². The van der Waals surface area contributed by atoms with E-state index in [9.17, 15) is 0 Å². The summed E-state index contributed by atoms with van der Waals surface area (Å²) >= 11 is 0. The standard InChI is InChI=1S/C14H26N4/c1-12(2)17(3)7-8-18-11-16-10-14(18)13-5-4-6-15-9-13/h10-13,15H,4-9H2,1-3H3. The van der Waals surface area contributed by atoms with Gasteiger partial charge < -0.3 is 14.8 Å². The minimum absolute atomic E-state index is 0.605. The highest BCUT2D eigenvalue weighted by atomic mass is 15.2. The molecule has 1 unspecified atom stereocenters. The van der Waals surface area contributed by atoms with Crippen molar-refractivity contribution in [1.29, 1.82) is 0 Å². The Morgan fingerprint density at radius 1 is 1.56 bits per heavy atom. The molecule has 1 fully saturated rings. The summed E-state index contributed by atoms with van der Waals surface area (Å²) in [7, 11) is 2.18. The Morgan fingerprint density at radius 2 is 2.39 bits per heavy atom. The number of likely N-dealkylation sites (N-methyl/N-ethyl adjacent to an activating group) is 1. The molecule has 0 saturated carbocycles. The van der Waals surface area contributed by atoms with E-state index in [2.05, 4.69) is 40.7 Å². The SMILES string of the molecule is CC(C)N(C)CCn1cncc1C1CCCNC1. The number of aromatic nitrogens is 2. The summed E-state index contributed by atoms with van der Waals surface area (Å²) in [5.41, 5.74) is 1.40. The first-order valence-corrected chi connectivity index (χ1v) is 7.09. The Bertz CT molecular complexity index is 352. The molecule has 1 aromatic heterocycles. The van der Waals surface area contributed by atoms with E-state index in [1.807, 2.05) is 12.5 Å². The van der Waals surface area contributed by atoms with E-state index in [4.69, 9.17) is 0 Å². The molecule has 0 spiro atoms. The van der Waals surface area contributed by atoms with Crippen LogP contribution in [0.5, 0.6) is 0 Å². The molecule has 4 nitrogen and oxygen atoms in total. The molecule has 0 bridgehead atoms. The molecule has 0 aromatic carbocycles. The molecular formula is C14H26N4. The molecule has 102 valence electrons. The second-order valence-electron chi connectivity index (χ2n) is 5.63. The van der Waals surface area contributed by atoms with Crippen LogP contribution in [0.15, 0.2) is 12.5 Å². The van der Waals surface area contributed by atoms with Gasteiger partial charge in [0.15, 0.2) is 0 Å². The molecule has 1 aromatic rings. The second-order valence-corrected chi connectivity index (χ2v) is 5.63. The van der Waals surface area contributed by atoms with Crippen molar-refractivity contribution in [1.82, 2.24) is 19.8 Å². The van der Waals surface area contributed by atoms with E-state index in [1.54, 1.807) is 0 Å². The van der Waals surface area contributed by atoms with Crippen molar-refractivity contribution in [3.8, 4) is 0 Å². The van der Waals surface area contributed by atoms with Crippen molar-refractivity contribution < 1.29 is 0 Å². The number of hydrogen-bond donors (Lipinski definition) is 1. The predicted molar refractivity (Wildman–Crippen MR) is 74.8 cm³/mol. The average Bonchev–Trinajstić information content (AvgIpc) is 2.85. The van der Waals surface area contributed by atoms with Crippen LogP contribution in [0.3, 0.4) is 0 Å². The van der Waals surface area contributed by atoms with Crippen LogP contribution in [0.1, 0.15) is 38.3 Å². The van der Waals surface area contributed by atoms with Gasteiger partial charge in [-0.25, -0.2) is 4.98 Å². The topological polar surface area (TPSA) is 33.1 Å². The van der Waals surface area contributed by atoms with Gasteiger partial charge in [-0.15, -0.1) is 0 Å². The molecule has 1 aliphatic heterocycles. The quantitative estimate of drug-likeness (QED) is 0.863. The Morgan fingerprint density at radius 3 is 3.06 bits per heavy atom. The van der Waals surface area contributed by atoms with Crippen molar-refractivity contribution in [3.05, 3.63) is 18.2 Å². The zero-order valence-electron chi connectivity index (χ0n) is 11.9. The number of hydrogen-bond acceptors (Lipinski definition) is 3. The van der Waals surface area contributed by atoms with Crippen molar-refractivity contribution in [3.63, 3.8) is 0 Å². The Balaban J connectivity index is 1.94. The number of imidazole rings is 1. The van der Waals surface area contributed by atoms with Gasteiger partial charge in [-0.05, 0) is 40.3 Å². The van der Waals surface area contributed by atoms with Crippen LogP contribution in [-0.4, -0.2) is 47.2 Å². The molecule has 0 aliphatic carbocycles. The number of piperidine rings is 1. The van der Waals surface area contributed by atoms with Gasteiger partial charge >= 0.3 is 0 Å². The lowest BCUT2D eigenvalue weighted by Crippen LogP contribution is -2.32. The monoisotopic (exact) mass is 250 g/mol. The van der Waals surface area contributed by atoms with Gasteiger partial charge in [0.25, 0.3) is 0 Å². The highest BCUT2D eigenvalue weighted by Gasteiger charge is 2.18. The molecule has 4 heteroatoms. The first-order valence-electron chi connectivity index (χ1n) is 7.09. The first-order chi connectivity index (χ1) is 8.68. The molecule has 2 heterocycles. The maximum absolute atomic E-state index is 4.34. The summed E-state index contributed by atoms with van der Waals surface area (Å²) in [5, 5.41) is 3.48. The molecule has 0 amide bonds. The summed E-state index contributed by atoms with van der Waals surface area (Å²) < 4.78 is 2.33.